The van der Waals surface area contributed by atoms with Gasteiger partial charge in [-0.15, -0.1) is 0 Å². The van der Waals surface area contributed by atoms with Gasteiger partial charge in [0.15, 0.2) is 0 Å². The second kappa shape index (κ2) is 5.95. The number of hydrogen-bond donors (Lipinski definition) is 0. The summed E-state index contributed by atoms with van der Waals surface area (Å²) in [5, 5.41) is 8.16. The smallest absolute Gasteiger partial charge is 0.254 e. The van der Waals surface area contributed by atoms with E-state index < -0.39 is 0 Å². The highest BCUT2D eigenvalue weighted by atomic mass is 32.1. The van der Waals surface area contributed by atoms with Crippen molar-refractivity contribution < 1.29 is 9.53 Å². The first kappa shape index (κ1) is 14.2. The van der Waals surface area contributed by atoms with Crippen LogP contribution in [0.3, 0.4) is 0 Å². The number of amides is 1. The fourth-order valence-corrected chi connectivity index (χ4v) is 3.14. The molecule has 0 spiro atoms. The average molecular weight is 306 g/mol. The molecule has 2 aromatic heterocycles. The molecule has 2 aromatic rings. The zero-order valence-corrected chi connectivity index (χ0v) is 13.0. The Morgan fingerprint density at radius 3 is 3.05 bits per heavy atom. The second-order valence-electron chi connectivity index (χ2n) is 5.14. The normalized spacial score (nSPS) is 19.0. The summed E-state index contributed by atoms with van der Waals surface area (Å²) in [5.74, 6) is 1.71. The Morgan fingerprint density at radius 1 is 1.52 bits per heavy atom. The van der Waals surface area contributed by atoms with E-state index in [1.54, 1.807) is 0 Å². The number of ether oxygens (including phenoxy) is 1. The molecule has 1 amide bonds. The molecule has 0 aromatic carbocycles. The van der Waals surface area contributed by atoms with Crippen LogP contribution in [0.15, 0.2) is 16.8 Å². The van der Waals surface area contributed by atoms with E-state index in [0.717, 1.165) is 17.2 Å². The molecule has 3 rings (SSSR count). The van der Waals surface area contributed by atoms with E-state index in [2.05, 4.69) is 10.1 Å². The summed E-state index contributed by atoms with van der Waals surface area (Å²) < 4.78 is 7.61. The van der Waals surface area contributed by atoms with Gasteiger partial charge in [-0.3, -0.25) is 4.79 Å². The van der Waals surface area contributed by atoms with Gasteiger partial charge in [-0.05, 0) is 25.3 Å². The highest BCUT2D eigenvalue weighted by molar-refractivity contribution is 7.08. The Hall–Kier alpha value is -1.73. The third-order valence-electron chi connectivity index (χ3n) is 3.53. The molecule has 1 aliphatic rings. The van der Waals surface area contributed by atoms with Crippen molar-refractivity contribution in [2.45, 2.75) is 26.5 Å². The van der Waals surface area contributed by atoms with Gasteiger partial charge in [-0.1, -0.05) is 0 Å². The van der Waals surface area contributed by atoms with Crippen LogP contribution in [0.4, 0.5) is 0 Å². The van der Waals surface area contributed by atoms with E-state index in [0.29, 0.717) is 26.2 Å². The summed E-state index contributed by atoms with van der Waals surface area (Å²) in [5.41, 5.74) is 0.758. The molecule has 0 aliphatic carbocycles. The maximum absolute atomic E-state index is 12.4. The van der Waals surface area contributed by atoms with Crippen LogP contribution in [0.5, 0.6) is 0 Å². The molecule has 6 nitrogen and oxygen atoms in total. The Labute approximate surface area is 127 Å². The van der Waals surface area contributed by atoms with E-state index in [9.17, 15) is 4.79 Å². The Balaban J connectivity index is 1.66. The molecule has 0 bridgehead atoms. The second-order valence-corrected chi connectivity index (χ2v) is 5.92. The van der Waals surface area contributed by atoms with Crippen LogP contribution in [0, 0.1) is 13.8 Å². The van der Waals surface area contributed by atoms with Crippen LogP contribution < -0.4 is 0 Å². The van der Waals surface area contributed by atoms with Crippen molar-refractivity contribution in [1.82, 2.24) is 19.7 Å². The van der Waals surface area contributed by atoms with Gasteiger partial charge < -0.3 is 9.64 Å². The van der Waals surface area contributed by atoms with Crippen LogP contribution in [0.25, 0.3) is 0 Å². The first-order valence-electron chi connectivity index (χ1n) is 6.94. The Kier molecular flexibility index (Phi) is 4.03. The van der Waals surface area contributed by atoms with E-state index in [-0.39, 0.29) is 12.0 Å². The van der Waals surface area contributed by atoms with Crippen molar-refractivity contribution in [3.8, 4) is 0 Å². The van der Waals surface area contributed by atoms with Crippen molar-refractivity contribution in [1.29, 1.82) is 0 Å². The lowest BCUT2D eigenvalue weighted by Gasteiger charge is -2.32. The summed E-state index contributed by atoms with van der Waals surface area (Å²) in [6.45, 7) is 6.22. The monoisotopic (exact) mass is 306 g/mol. The minimum atomic E-state index is -0.0406. The Bertz CT molecular complexity index is 623. The number of nitrogens with zero attached hydrogens (tertiary/aromatic N) is 4. The molecule has 21 heavy (non-hydrogen) atoms. The molecule has 0 N–H and O–H groups in total. The molecule has 0 radical (unpaired) electrons. The molecule has 0 saturated carbocycles. The number of carbonyl (C=O) groups excluding carboxylic acids is 1. The van der Waals surface area contributed by atoms with Gasteiger partial charge in [0.25, 0.3) is 5.91 Å². The number of thiophene rings is 1. The quantitative estimate of drug-likeness (QED) is 0.862. The molecule has 112 valence electrons. The van der Waals surface area contributed by atoms with Gasteiger partial charge in [0.1, 0.15) is 11.6 Å². The summed E-state index contributed by atoms with van der Waals surface area (Å²) >= 11 is 1.54. The summed E-state index contributed by atoms with van der Waals surface area (Å²) in [7, 11) is 0. The molecule has 7 heteroatoms. The fourth-order valence-electron chi connectivity index (χ4n) is 2.51. The average Bonchev–Trinajstić information content (AvgIpc) is 3.09. The maximum Gasteiger partial charge on any atom is 0.254 e. The van der Waals surface area contributed by atoms with Gasteiger partial charge in [0.05, 0.1) is 24.8 Å². The van der Waals surface area contributed by atoms with Crippen LogP contribution in [-0.4, -0.2) is 51.4 Å². The van der Waals surface area contributed by atoms with E-state index in [1.165, 1.54) is 11.3 Å². The van der Waals surface area contributed by atoms with E-state index >= 15 is 0 Å². The van der Waals surface area contributed by atoms with Crippen LogP contribution in [0.2, 0.25) is 0 Å². The largest absolute Gasteiger partial charge is 0.373 e. The van der Waals surface area contributed by atoms with Gasteiger partial charge in [-0.25, -0.2) is 9.67 Å². The molecular formula is C14H18N4O2S. The van der Waals surface area contributed by atoms with Gasteiger partial charge in [0, 0.05) is 18.5 Å². The molecule has 1 saturated heterocycles. The fraction of sp³-hybridized carbons (Fsp3) is 0.500. The first-order valence-corrected chi connectivity index (χ1v) is 7.89. The number of aryl methyl sites for hydroxylation is 2. The molecule has 1 fully saturated rings. The third kappa shape index (κ3) is 3.14. The summed E-state index contributed by atoms with van der Waals surface area (Å²) in [6, 6.07) is 1.86. The van der Waals surface area contributed by atoms with Crippen molar-refractivity contribution in [2.24, 2.45) is 0 Å². The number of morpholine rings is 1. The maximum atomic E-state index is 12.4. The van der Waals surface area contributed by atoms with Gasteiger partial charge >= 0.3 is 0 Å². The van der Waals surface area contributed by atoms with E-state index in [1.807, 2.05) is 40.3 Å². The number of carbonyl (C=O) groups is 1. The van der Waals surface area contributed by atoms with Crippen molar-refractivity contribution in [2.75, 3.05) is 19.7 Å². The minimum absolute atomic E-state index is 0.0406. The minimum Gasteiger partial charge on any atom is -0.373 e. The molecule has 0 unspecified atom stereocenters. The van der Waals surface area contributed by atoms with Gasteiger partial charge in [0.2, 0.25) is 0 Å². The topological polar surface area (TPSA) is 60.2 Å². The van der Waals surface area contributed by atoms with Crippen LogP contribution in [0.1, 0.15) is 22.0 Å². The van der Waals surface area contributed by atoms with Crippen molar-refractivity contribution >= 4 is 17.2 Å². The summed E-state index contributed by atoms with van der Waals surface area (Å²) in [4.78, 5) is 18.5. The number of hydrogen-bond acceptors (Lipinski definition) is 5. The first-order chi connectivity index (χ1) is 10.1. The standard InChI is InChI=1S/C14H18N4O2S/c1-10-15-11(2)18(16-10)8-13-7-17(4-5-20-13)14(19)12-3-6-21-9-12/h3,6,9,13H,4-5,7-8H2,1-2H3/t13-/m1/s1. The lowest BCUT2D eigenvalue weighted by molar-refractivity contribution is -0.0302. The molecule has 3 heterocycles. The predicted octanol–water partition coefficient (Wildman–Crippen LogP) is 1.50. The predicted molar refractivity (Wildman–Crippen MR) is 79.5 cm³/mol. The third-order valence-corrected chi connectivity index (χ3v) is 4.22. The lowest BCUT2D eigenvalue weighted by atomic mass is 10.2. The zero-order chi connectivity index (χ0) is 14.8. The molecular weight excluding hydrogens is 288 g/mol. The SMILES string of the molecule is Cc1nc(C)n(C[C@H]2CN(C(=O)c3ccsc3)CCO2)n1. The number of rotatable bonds is 3. The number of aromatic nitrogens is 3. The highest BCUT2D eigenvalue weighted by Crippen LogP contribution is 2.14. The van der Waals surface area contributed by atoms with E-state index in [4.69, 9.17) is 4.74 Å². The molecule has 1 atom stereocenters. The van der Waals surface area contributed by atoms with Crippen molar-refractivity contribution in [3.63, 3.8) is 0 Å². The Morgan fingerprint density at radius 2 is 2.38 bits per heavy atom. The van der Waals surface area contributed by atoms with Crippen LogP contribution in [-0.2, 0) is 11.3 Å². The molecule has 1 aliphatic heterocycles. The lowest BCUT2D eigenvalue weighted by Crippen LogP contribution is -2.47. The highest BCUT2D eigenvalue weighted by Gasteiger charge is 2.26. The van der Waals surface area contributed by atoms with Crippen molar-refractivity contribution in [3.05, 3.63) is 34.0 Å². The summed E-state index contributed by atoms with van der Waals surface area (Å²) in [6.07, 6.45) is -0.0406. The van der Waals surface area contributed by atoms with Gasteiger partial charge in [-0.2, -0.15) is 16.4 Å². The van der Waals surface area contributed by atoms with Crippen LogP contribution >= 0.6 is 11.3 Å². The zero-order valence-electron chi connectivity index (χ0n) is 12.2.